The maximum Gasteiger partial charge on any atom is 0.273 e. The summed E-state index contributed by atoms with van der Waals surface area (Å²) in [6, 6.07) is 3.42. The van der Waals surface area contributed by atoms with Crippen molar-refractivity contribution in [2.45, 2.75) is 25.8 Å². The Bertz CT molecular complexity index is 92.2. The van der Waals surface area contributed by atoms with Gasteiger partial charge in [-0.25, -0.2) is 0 Å². The summed E-state index contributed by atoms with van der Waals surface area (Å²) in [6.45, 7) is 1.85. The van der Waals surface area contributed by atoms with Gasteiger partial charge in [-0.05, 0) is 0 Å². The average molecular weight is 82.1 g/mol. The molecule has 1 nitrogen and oxygen atoms in total. The Morgan fingerprint density at radius 1 is 1.67 bits per heavy atom. The van der Waals surface area contributed by atoms with E-state index in [4.69, 9.17) is 0 Å². The predicted molar refractivity (Wildman–Crippen MR) is 25.9 cm³/mol. The zero-order chi connectivity index (χ0) is 4.41. The Balaban J connectivity index is 2.27. The third kappa shape index (κ3) is 0.718. The molecule has 6 heavy (non-hydrogen) atoms. The Morgan fingerprint density at radius 2 is 2.33 bits per heavy atom. The molecular formula is C5H8N+. The van der Waals surface area contributed by atoms with Crippen LogP contribution in [0.1, 0.15) is 19.8 Å². The molecule has 0 bridgehead atoms. The maximum absolute atomic E-state index is 3.99. The number of rotatable bonds is 0. The van der Waals surface area contributed by atoms with Crippen LogP contribution in [-0.4, -0.2) is 6.04 Å². The number of nitrogens with zero attached hydrogens (tertiary/aromatic N) is 1. The van der Waals surface area contributed by atoms with Crippen LogP contribution in [0.3, 0.4) is 0 Å². The van der Waals surface area contributed by atoms with Crippen LogP contribution in [-0.2, 0) is 0 Å². The lowest BCUT2D eigenvalue weighted by atomic mass is 10.7. The molecule has 0 atom stereocenters. The fraction of sp³-hybridized carbons (Fsp3) is 0.800. The zero-order valence-electron chi connectivity index (χ0n) is 3.94. The summed E-state index contributed by atoms with van der Waals surface area (Å²) in [5, 5.41) is 0. The summed E-state index contributed by atoms with van der Waals surface area (Å²) >= 11 is 0. The monoisotopic (exact) mass is 82.1 g/mol. The summed E-state index contributed by atoms with van der Waals surface area (Å²) in [6.07, 6.45) is 2.58. The van der Waals surface area contributed by atoms with Crippen LogP contribution < -0.4 is 0 Å². The second kappa shape index (κ2) is 1.30. The molecule has 0 aromatic carbocycles. The SMILES string of the molecule is CC#[N+]C1CC1. The van der Waals surface area contributed by atoms with Crippen molar-refractivity contribution in [3.8, 4) is 6.07 Å². The second-order valence-electron chi connectivity index (χ2n) is 1.58. The molecule has 1 aliphatic carbocycles. The molecule has 0 radical (unpaired) electrons. The van der Waals surface area contributed by atoms with Gasteiger partial charge >= 0.3 is 0 Å². The lowest BCUT2D eigenvalue weighted by Crippen LogP contribution is -1.58. The Kier molecular flexibility index (Phi) is 0.795. The summed E-state index contributed by atoms with van der Waals surface area (Å²) in [5.74, 6) is 0. The normalized spacial score (nSPS) is 18.8. The van der Waals surface area contributed by atoms with Crippen LogP contribution in [0.2, 0.25) is 0 Å². The van der Waals surface area contributed by atoms with Gasteiger partial charge in [-0.2, -0.15) is 0 Å². The van der Waals surface area contributed by atoms with Crippen molar-refractivity contribution in [2.24, 2.45) is 0 Å². The molecule has 1 heteroatoms. The van der Waals surface area contributed by atoms with Gasteiger partial charge in [0.1, 0.15) is 0 Å². The van der Waals surface area contributed by atoms with Crippen LogP contribution in [0.25, 0.3) is 4.85 Å². The Hall–Kier alpha value is -0.510. The van der Waals surface area contributed by atoms with Gasteiger partial charge in [-0.15, -0.1) is 0 Å². The molecule has 32 valence electrons. The highest BCUT2D eigenvalue weighted by Crippen LogP contribution is 2.22. The first-order chi connectivity index (χ1) is 2.93. The molecule has 1 saturated carbocycles. The first kappa shape index (κ1) is 3.67. The lowest BCUT2D eigenvalue weighted by molar-refractivity contribution is 1.29. The van der Waals surface area contributed by atoms with Crippen molar-refractivity contribution in [3.05, 3.63) is 4.85 Å². The summed E-state index contributed by atoms with van der Waals surface area (Å²) in [5.41, 5.74) is 0. The summed E-state index contributed by atoms with van der Waals surface area (Å²) in [4.78, 5) is 3.99. The zero-order valence-corrected chi connectivity index (χ0v) is 3.94. The molecule has 0 aliphatic heterocycles. The molecular weight excluding hydrogens is 74.1 g/mol. The molecule has 0 aromatic rings. The van der Waals surface area contributed by atoms with Crippen LogP contribution in [0, 0.1) is 6.07 Å². The van der Waals surface area contributed by atoms with Crippen molar-refractivity contribution in [3.63, 3.8) is 0 Å². The van der Waals surface area contributed by atoms with E-state index < -0.39 is 0 Å². The van der Waals surface area contributed by atoms with E-state index >= 15 is 0 Å². The van der Waals surface area contributed by atoms with Gasteiger partial charge in [0.05, 0.1) is 6.92 Å². The van der Waals surface area contributed by atoms with Crippen LogP contribution in [0.4, 0.5) is 0 Å². The minimum atomic E-state index is 0.662. The minimum Gasteiger partial charge on any atom is -0.0807 e. The van der Waals surface area contributed by atoms with E-state index in [1.165, 1.54) is 12.8 Å². The molecule has 0 saturated heterocycles. The molecule has 0 heterocycles. The molecule has 0 amide bonds. The van der Waals surface area contributed by atoms with Crippen molar-refractivity contribution >= 4 is 0 Å². The van der Waals surface area contributed by atoms with Gasteiger partial charge < -0.3 is 0 Å². The third-order valence-electron chi connectivity index (χ3n) is 0.859. The van der Waals surface area contributed by atoms with Gasteiger partial charge in [0, 0.05) is 12.8 Å². The van der Waals surface area contributed by atoms with Crippen molar-refractivity contribution < 1.29 is 0 Å². The average Bonchev–Trinajstić information content (AvgIpc) is 2.21. The topological polar surface area (TPSA) is 4.36 Å². The van der Waals surface area contributed by atoms with E-state index in [1.54, 1.807) is 0 Å². The quantitative estimate of drug-likeness (QED) is 0.417. The smallest absolute Gasteiger partial charge is 0.0807 e. The highest BCUT2D eigenvalue weighted by molar-refractivity contribution is 4.98. The highest BCUT2D eigenvalue weighted by Gasteiger charge is 2.31. The Morgan fingerprint density at radius 3 is 2.50 bits per heavy atom. The van der Waals surface area contributed by atoms with E-state index in [2.05, 4.69) is 10.9 Å². The van der Waals surface area contributed by atoms with Crippen molar-refractivity contribution in [2.75, 3.05) is 0 Å². The third-order valence-corrected chi connectivity index (χ3v) is 0.859. The van der Waals surface area contributed by atoms with E-state index in [0.29, 0.717) is 6.04 Å². The number of hydrogen-bond donors (Lipinski definition) is 0. The van der Waals surface area contributed by atoms with Gasteiger partial charge in [-0.3, -0.25) is 0 Å². The van der Waals surface area contributed by atoms with Gasteiger partial charge in [0.15, 0.2) is 0 Å². The van der Waals surface area contributed by atoms with E-state index in [-0.39, 0.29) is 0 Å². The van der Waals surface area contributed by atoms with Gasteiger partial charge in [0.2, 0.25) is 0 Å². The first-order valence-corrected chi connectivity index (χ1v) is 2.30. The van der Waals surface area contributed by atoms with Crippen LogP contribution in [0.5, 0.6) is 0 Å². The van der Waals surface area contributed by atoms with Crippen molar-refractivity contribution in [1.82, 2.24) is 0 Å². The van der Waals surface area contributed by atoms with E-state index in [1.807, 2.05) is 6.92 Å². The fourth-order valence-corrected chi connectivity index (χ4v) is 0.386. The molecule has 1 aliphatic rings. The Labute approximate surface area is 37.8 Å². The lowest BCUT2D eigenvalue weighted by Gasteiger charge is -1.46. The molecule has 0 spiro atoms. The maximum atomic E-state index is 3.99. The minimum absolute atomic E-state index is 0.662. The second-order valence-corrected chi connectivity index (χ2v) is 1.58. The molecule has 0 unspecified atom stereocenters. The predicted octanol–water partition coefficient (Wildman–Crippen LogP) is 1.50. The van der Waals surface area contributed by atoms with Crippen LogP contribution >= 0.6 is 0 Å². The standard InChI is InChI=1S/C5H8N/c1-2-6-5-3-4-5/h5H,3-4H2,1H3/q+1. The first-order valence-electron chi connectivity index (χ1n) is 2.30. The van der Waals surface area contributed by atoms with E-state index in [9.17, 15) is 0 Å². The molecule has 1 fully saturated rings. The molecule has 1 rings (SSSR count). The highest BCUT2D eigenvalue weighted by atomic mass is 14.8. The fourth-order valence-electron chi connectivity index (χ4n) is 0.386. The van der Waals surface area contributed by atoms with Crippen LogP contribution in [0.15, 0.2) is 0 Å². The number of hydrogen-bond acceptors (Lipinski definition) is 0. The van der Waals surface area contributed by atoms with Crippen molar-refractivity contribution in [1.29, 1.82) is 0 Å². The summed E-state index contributed by atoms with van der Waals surface area (Å²) < 4.78 is 0. The molecule has 0 N–H and O–H groups in total. The summed E-state index contributed by atoms with van der Waals surface area (Å²) in [7, 11) is 0. The van der Waals surface area contributed by atoms with Gasteiger partial charge in [-0.1, -0.05) is 4.85 Å². The van der Waals surface area contributed by atoms with Gasteiger partial charge in [0.25, 0.3) is 12.1 Å². The van der Waals surface area contributed by atoms with E-state index in [0.717, 1.165) is 0 Å². The molecule has 0 aromatic heterocycles. The largest absolute Gasteiger partial charge is 0.273 e.